The molecular weight excluding hydrogens is 492 g/mol. The van der Waals surface area contributed by atoms with Crippen LogP contribution in [0, 0.1) is 6.92 Å². The molecule has 4 aromatic carbocycles. The van der Waals surface area contributed by atoms with E-state index in [0.29, 0.717) is 11.3 Å². The lowest BCUT2D eigenvalue weighted by molar-refractivity contribution is 0.0598. The lowest BCUT2D eigenvalue weighted by atomic mass is 9.82. The molecule has 0 bridgehead atoms. The van der Waals surface area contributed by atoms with Gasteiger partial charge in [-0.2, -0.15) is 0 Å². The summed E-state index contributed by atoms with van der Waals surface area (Å²) in [5, 5.41) is 1.90. The molecular formula is C29H23BrO4. The molecule has 0 N–H and O–H groups in total. The van der Waals surface area contributed by atoms with E-state index in [1.165, 1.54) is 7.11 Å². The van der Waals surface area contributed by atoms with E-state index in [2.05, 4.69) is 15.9 Å². The average molecular weight is 515 g/mol. The first kappa shape index (κ1) is 22.2. The first-order valence-corrected chi connectivity index (χ1v) is 11.7. The summed E-state index contributed by atoms with van der Waals surface area (Å²) in [5.41, 5.74) is 3.13. The second-order valence-electron chi connectivity index (χ2n) is 8.19. The number of rotatable bonds is 4. The normalized spacial score (nSPS) is 16.6. The predicted octanol–water partition coefficient (Wildman–Crippen LogP) is 7.06. The van der Waals surface area contributed by atoms with Crippen molar-refractivity contribution in [1.29, 1.82) is 0 Å². The maximum Gasteiger partial charge on any atom is 0.338 e. The molecule has 0 aliphatic carbocycles. The Balaban J connectivity index is 1.81. The van der Waals surface area contributed by atoms with Crippen LogP contribution in [-0.4, -0.2) is 20.2 Å². The summed E-state index contributed by atoms with van der Waals surface area (Å²) in [7, 11) is 3.05. The number of aryl methyl sites for hydroxylation is 1. The third kappa shape index (κ3) is 3.48. The highest BCUT2D eigenvalue weighted by atomic mass is 79.9. The van der Waals surface area contributed by atoms with Gasteiger partial charge < -0.3 is 14.2 Å². The van der Waals surface area contributed by atoms with Crippen LogP contribution in [0.1, 0.15) is 32.6 Å². The van der Waals surface area contributed by atoms with Crippen LogP contribution < -0.4 is 9.47 Å². The monoisotopic (exact) mass is 514 g/mol. The number of benzene rings is 4. The topological polar surface area (TPSA) is 44.8 Å². The minimum absolute atomic E-state index is 0.381. The van der Waals surface area contributed by atoms with Gasteiger partial charge in [-0.3, -0.25) is 0 Å². The van der Waals surface area contributed by atoms with Crippen LogP contribution in [0.2, 0.25) is 0 Å². The zero-order chi connectivity index (χ0) is 23.9. The Morgan fingerprint density at radius 1 is 0.882 bits per heavy atom. The number of fused-ring (bicyclic) bond motifs is 3. The van der Waals surface area contributed by atoms with Gasteiger partial charge in [-0.1, -0.05) is 64.5 Å². The highest BCUT2D eigenvalue weighted by Crippen LogP contribution is 2.47. The summed E-state index contributed by atoms with van der Waals surface area (Å²) in [4.78, 5) is 12.8. The first-order valence-electron chi connectivity index (χ1n) is 10.9. The number of esters is 1. The maximum absolute atomic E-state index is 12.8. The molecule has 0 fully saturated rings. The number of halogens is 1. The van der Waals surface area contributed by atoms with Gasteiger partial charge in [0, 0.05) is 26.5 Å². The Hall–Kier alpha value is -3.57. The minimum Gasteiger partial charge on any atom is -0.497 e. The Morgan fingerprint density at radius 2 is 1.50 bits per heavy atom. The average Bonchev–Trinajstić information content (AvgIpc) is 2.89. The zero-order valence-electron chi connectivity index (χ0n) is 19.1. The van der Waals surface area contributed by atoms with Crippen molar-refractivity contribution in [2.45, 2.75) is 12.5 Å². The van der Waals surface area contributed by atoms with Gasteiger partial charge >= 0.3 is 5.97 Å². The third-order valence-electron chi connectivity index (χ3n) is 6.39. The number of hydrogen-bond donors (Lipinski definition) is 0. The summed E-state index contributed by atoms with van der Waals surface area (Å²) in [6.45, 7) is 1.95. The molecule has 4 nitrogen and oxygen atoms in total. The minimum atomic E-state index is -0.897. The van der Waals surface area contributed by atoms with Crippen LogP contribution in [0.25, 0.3) is 16.8 Å². The summed E-state index contributed by atoms with van der Waals surface area (Å²) >= 11 is 3.54. The Bertz CT molecular complexity index is 1420. The molecule has 1 aliphatic heterocycles. The lowest BCUT2D eigenvalue weighted by Crippen LogP contribution is -2.34. The van der Waals surface area contributed by atoms with Crippen molar-refractivity contribution < 1.29 is 19.0 Å². The molecule has 0 spiro atoms. The van der Waals surface area contributed by atoms with E-state index in [-0.39, 0.29) is 5.97 Å². The van der Waals surface area contributed by atoms with Crippen molar-refractivity contribution in [1.82, 2.24) is 0 Å². The standard InChI is InChI=1S/C29H23BrO4/c1-18-23-6-4-5-7-24(23)27-25(26(18)28(31)33-3)16-17-29(34-27,19-8-12-21(30)13-9-19)20-10-14-22(32-2)15-11-20/h4-17H,1-3H3. The molecule has 5 heteroatoms. The quantitative estimate of drug-likeness (QED) is 0.273. The number of carbonyl (C=O) groups is 1. The fourth-order valence-electron chi connectivity index (χ4n) is 4.65. The summed E-state index contributed by atoms with van der Waals surface area (Å²) in [6.07, 6.45) is 4.00. The molecule has 1 atom stereocenters. The second kappa shape index (κ2) is 8.65. The van der Waals surface area contributed by atoms with E-state index >= 15 is 0 Å². The molecule has 1 unspecified atom stereocenters. The van der Waals surface area contributed by atoms with Crippen LogP contribution in [-0.2, 0) is 10.3 Å². The van der Waals surface area contributed by atoms with Crippen LogP contribution in [0.3, 0.4) is 0 Å². The highest BCUT2D eigenvalue weighted by Gasteiger charge is 2.39. The lowest BCUT2D eigenvalue weighted by Gasteiger charge is -2.37. The van der Waals surface area contributed by atoms with Gasteiger partial charge in [-0.05, 0) is 54.3 Å². The third-order valence-corrected chi connectivity index (χ3v) is 6.92. The van der Waals surface area contributed by atoms with E-state index < -0.39 is 5.60 Å². The number of methoxy groups -OCH3 is 2. The van der Waals surface area contributed by atoms with Crippen molar-refractivity contribution in [2.24, 2.45) is 0 Å². The number of carbonyl (C=O) groups excluding carboxylic acids is 1. The van der Waals surface area contributed by atoms with Crippen molar-refractivity contribution in [3.63, 3.8) is 0 Å². The zero-order valence-corrected chi connectivity index (χ0v) is 20.7. The fraction of sp³-hybridized carbons (Fsp3) is 0.138. The van der Waals surface area contributed by atoms with Gasteiger partial charge in [0.2, 0.25) is 0 Å². The molecule has 1 aliphatic rings. The van der Waals surface area contributed by atoms with E-state index in [9.17, 15) is 4.79 Å². The summed E-state index contributed by atoms with van der Waals surface area (Å²) in [6, 6.07) is 23.9. The summed E-state index contributed by atoms with van der Waals surface area (Å²) in [5.74, 6) is 1.04. The molecule has 5 rings (SSSR count). The van der Waals surface area contributed by atoms with Gasteiger partial charge in [0.05, 0.1) is 19.8 Å². The van der Waals surface area contributed by atoms with Crippen LogP contribution in [0.15, 0.2) is 83.3 Å². The first-order chi connectivity index (χ1) is 16.5. The predicted molar refractivity (Wildman–Crippen MR) is 138 cm³/mol. The van der Waals surface area contributed by atoms with Gasteiger partial charge in [0.25, 0.3) is 0 Å². The molecule has 0 saturated carbocycles. The van der Waals surface area contributed by atoms with Crippen LogP contribution in [0.4, 0.5) is 0 Å². The second-order valence-corrected chi connectivity index (χ2v) is 9.10. The maximum atomic E-state index is 12.8. The van der Waals surface area contributed by atoms with Crippen LogP contribution >= 0.6 is 15.9 Å². The smallest absolute Gasteiger partial charge is 0.338 e. The van der Waals surface area contributed by atoms with Crippen LogP contribution in [0.5, 0.6) is 11.5 Å². The molecule has 0 aromatic heterocycles. The van der Waals surface area contributed by atoms with Crippen molar-refractivity contribution >= 4 is 38.7 Å². The SMILES string of the molecule is COC(=O)c1c2c(c3ccccc3c1C)OC(c1ccc(Br)cc1)(c1ccc(OC)cc1)C=C2. The van der Waals surface area contributed by atoms with Crippen molar-refractivity contribution in [2.75, 3.05) is 14.2 Å². The number of ether oxygens (including phenoxy) is 3. The molecule has 0 amide bonds. The Kier molecular flexibility index (Phi) is 5.66. The molecule has 1 heterocycles. The molecule has 4 aromatic rings. The Morgan fingerprint density at radius 3 is 2.12 bits per heavy atom. The molecule has 0 saturated heterocycles. The van der Waals surface area contributed by atoms with E-state index in [4.69, 9.17) is 14.2 Å². The largest absolute Gasteiger partial charge is 0.497 e. The van der Waals surface area contributed by atoms with Gasteiger partial charge in [-0.25, -0.2) is 4.79 Å². The van der Waals surface area contributed by atoms with E-state index in [1.54, 1.807) is 7.11 Å². The van der Waals surface area contributed by atoms with Crippen molar-refractivity contribution in [3.05, 3.63) is 111 Å². The van der Waals surface area contributed by atoms with Gasteiger partial charge in [0.1, 0.15) is 11.5 Å². The number of hydrogen-bond acceptors (Lipinski definition) is 4. The van der Waals surface area contributed by atoms with E-state index in [1.807, 2.05) is 91.9 Å². The summed E-state index contributed by atoms with van der Waals surface area (Å²) < 4.78 is 18.5. The fourth-order valence-corrected chi connectivity index (χ4v) is 4.91. The van der Waals surface area contributed by atoms with Crippen molar-refractivity contribution in [3.8, 4) is 11.5 Å². The van der Waals surface area contributed by atoms with Gasteiger partial charge in [-0.15, -0.1) is 0 Å². The Labute approximate surface area is 206 Å². The highest BCUT2D eigenvalue weighted by molar-refractivity contribution is 9.10. The van der Waals surface area contributed by atoms with Gasteiger partial charge in [0.15, 0.2) is 5.60 Å². The molecule has 0 radical (unpaired) electrons. The molecule has 34 heavy (non-hydrogen) atoms. The van der Waals surface area contributed by atoms with E-state index in [0.717, 1.165) is 43.2 Å². The molecule has 170 valence electrons.